The quantitative estimate of drug-likeness (QED) is 0.406. The first-order valence-electron chi connectivity index (χ1n) is 6.68. The van der Waals surface area contributed by atoms with Crippen LogP contribution in [0.25, 0.3) is 0 Å². The lowest BCUT2D eigenvalue weighted by Crippen LogP contribution is -2.15. The second-order valence-electron chi connectivity index (χ2n) is 4.60. The highest BCUT2D eigenvalue weighted by atomic mass is 127. The number of nitrogens with one attached hydrogen (secondary N) is 1. The van der Waals surface area contributed by atoms with Crippen LogP contribution >= 0.6 is 22.6 Å². The molecule has 0 heterocycles. The van der Waals surface area contributed by atoms with Gasteiger partial charge in [-0.2, -0.15) is 0 Å². The van der Waals surface area contributed by atoms with Gasteiger partial charge in [-0.1, -0.05) is 53.1 Å². The SMILES string of the molecule is COc1ccc(C)cc1CNCCCCCCI. The monoisotopic (exact) mass is 361 g/mol. The van der Waals surface area contributed by atoms with E-state index in [0.717, 1.165) is 18.8 Å². The molecule has 1 aromatic rings. The summed E-state index contributed by atoms with van der Waals surface area (Å²) in [5.41, 5.74) is 2.54. The number of hydrogen-bond acceptors (Lipinski definition) is 2. The fourth-order valence-corrected chi connectivity index (χ4v) is 2.51. The lowest BCUT2D eigenvalue weighted by molar-refractivity contribution is 0.407. The fraction of sp³-hybridized carbons (Fsp3) is 0.600. The Bertz CT molecular complexity index is 341. The van der Waals surface area contributed by atoms with Crippen molar-refractivity contribution in [1.82, 2.24) is 5.32 Å². The third-order valence-corrected chi connectivity index (χ3v) is 3.75. The summed E-state index contributed by atoms with van der Waals surface area (Å²) in [6, 6.07) is 6.33. The zero-order valence-corrected chi connectivity index (χ0v) is 13.6. The number of alkyl halides is 1. The summed E-state index contributed by atoms with van der Waals surface area (Å²) in [4.78, 5) is 0. The molecule has 0 aliphatic rings. The molecular formula is C15H24INO. The molecule has 2 nitrogen and oxygen atoms in total. The molecule has 0 saturated carbocycles. The first-order valence-corrected chi connectivity index (χ1v) is 8.20. The Morgan fingerprint density at radius 3 is 2.67 bits per heavy atom. The van der Waals surface area contributed by atoms with Gasteiger partial charge >= 0.3 is 0 Å². The molecule has 0 aliphatic carbocycles. The number of halogens is 1. The van der Waals surface area contributed by atoms with Crippen molar-refractivity contribution in [3.05, 3.63) is 29.3 Å². The number of aryl methyl sites for hydroxylation is 1. The van der Waals surface area contributed by atoms with E-state index < -0.39 is 0 Å². The van der Waals surface area contributed by atoms with E-state index in [2.05, 4.69) is 47.0 Å². The molecule has 0 bridgehead atoms. The minimum Gasteiger partial charge on any atom is -0.496 e. The van der Waals surface area contributed by atoms with E-state index in [1.807, 2.05) is 6.07 Å². The Morgan fingerprint density at radius 2 is 1.94 bits per heavy atom. The molecule has 0 saturated heterocycles. The second-order valence-corrected chi connectivity index (χ2v) is 5.67. The number of hydrogen-bond donors (Lipinski definition) is 1. The molecule has 0 radical (unpaired) electrons. The van der Waals surface area contributed by atoms with Gasteiger partial charge in [0.25, 0.3) is 0 Å². The summed E-state index contributed by atoms with van der Waals surface area (Å²) in [5.74, 6) is 0.984. The third kappa shape index (κ3) is 6.05. The van der Waals surface area contributed by atoms with Crippen LogP contribution in [0, 0.1) is 6.92 Å². The zero-order valence-electron chi connectivity index (χ0n) is 11.5. The average Bonchev–Trinajstić information content (AvgIpc) is 2.38. The highest BCUT2D eigenvalue weighted by molar-refractivity contribution is 14.1. The Balaban J connectivity index is 2.24. The van der Waals surface area contributed by atoms with Crippen LogP contribution in [0.1, 0.15) is 36.8 Å². The Hall–Kier alpha value is -0.290. The summed E-state index contributed by atoms with van der Waals surface area (Å²) in [5, 5.41) is 3.50. The largest absolute Gasteiger partial charge is 0.496 e. The van der Waals surface area contributed by atoms with Gasteiger partial charge in [-0.15, -0.1) is 0 Å². The van der Waals surface area contributed by atoms with E-state index in [0.29, 0.717) is 0 Å². The zero-order chi connectivity index (χ0) is 13.2. The van der Waals surface area contributed by atoms with Gasteiger partial charge in [0.2, 0.25) is 0 Å². The van der Waals surface area contributed by atoms with Gasteiger partial charge in [-0.05, 0) is 36.8 Å². The number of unbranched alkanes of at least 4 members (excludes halogenated alkanes) is 3. The molecule has 1 aromatic carbocycles. The minimum absolute atomic E-state index is 0.900. The first-order chi connectivity index (χ1) is 8.77. The minimum atomic E-state index is 0.900. The van der Waals surface area contributed by atoms with Crippen LogP contribution in [0.15, 0.2) is 18.2 Å². The van der Waals surface area contributed by atoms with Crippen molar-refractivity contribution in [1.29, 1.82) is 0 Å². The molecule has 102 valence electrons. The first kappa shape index (κ1) is 15.8. The molecule has 3 heteroatoms. The average molecular weight is 361 g/mol. The van der Waals surface area contributed by atoms with E-state index in [9.17, 15) is 0 Å². The predicted octanol–water partition coefficient (Wildman–Crippen LogP) is 4.09. The van der Waals surface area contributed by atoms with Crippen molar-refractivity contribution in [3.63, 3.8) is 0 Å². The highest BCUT2D eigenvalue weighted by Crippen LogP contribution is 2.19. The molecule has 0 amide bonds. The molecule has 0 aliphatic heterocycles. The van der Waals surface area contributed by atoms with Gasteiger partial charge in [0, 0.05) is 12.1 Å². The van der Waals surface area contributed by atoms with E-state index in [4.69, 9.17) is 4.74 Å². The van der Waals surface area contributed by atoms with Crippen LogP contribution in [0.3, 0.4) is 0 Å². The third-order valence-electron chi connectivity index (χ3n) is 2.99. The molecule has 1 rings (SSSR count). The van der Waals surface area contributed by atoms with Crippen molar-refractivity contribution < 1.29 is 4.74 Å². The number of ether oxygens (including phenoxy) is 1. The van der Waals surface area contributed by atoms with Gasteiger partial charge in [0.15, 0.2) is 0 Å². The Morgan fingerprint density at radius 1 is 1.17 bits per heavy atom. The normalized spacial score (nSPS) is 10.6. The van der Waals surface area contributed by atoms with E-state index in [-0.39, 0.29) is 0 Å². The summed E-state index contributed by atoms with van der Waals surface area (Å²) < 4.78 is 6.65. The summed E-state index contributed by atoms with van der Waals surface area (Å²) in [6.45, 7) is 4.11. The molecule has 1 N–H and O–H groups in total. The number of methoxy groups -OCH3 is 1. The van der Waals surface area contributed by atoms with E-state index in [1.165, 1.54) is 41.2 Å². The Kier molecular flexibility index (Phi) is 8.42. The number of benzene rings is 1. The Labute approximate surface area is 125 Å². The highest BCUT2D eigenvalue weighted by Gasteiger charge is 2.02. The standard InChI is InChI=1S/C15H24INO/c1-13-7-8-15(18-2)14(11-13)12-17-10-6-4-3-5-9-16/h7-8,11,17H,3-6,9-10,12H2,1-2H3. The predicted molar refractivity (Wildman–Crippen MR) is 86.8 cm³/mol. The molecule has 0 unspecified atom stereocenters. The molecular weight excluding hydrogens is 337 g/mol. The molecule has 0 atom stereocenters. The lowest BCUT2D eigenvalue weighted by Gasteiger charge is -2.10. The van der Waals surface area contributed by atoms with Crippen molar-refractivity contribution in [2.75, 3.05) is 18.1 Å². The van der Waals surface area contributed by atoms with Crippen molar-refractivity contribution in [2.45, 2.75) is 39.2 Å². The van der Waals surface area contributed by atoms with Crippen LogP contribution < -0.4 is 10.1 Å². The van der Waals surface area contributed by atoms with Gasteiger partial charge in [-0.3, -0.25) is 0 Å². The topological polar surface area (TPSA) is 21.3 Å². The lowest BCUT2D eigenvalue weighted by atomic mass is 10.1. The summed E-state index contributed by atoms with van der Waals surface area (Å²) in [6.07, 6.45) is 5.32. The van der Waals surface area contributed by atoms with Crippen LogP contribution in [-0.2, 0) is 6.54 Å². The van der Waals surface area contributed by atoms with Crippen molar-refractivity contribution in [2.24, 2.45) is 0 Å². The van der Waals surface area contributed by atoms with Gasteiger partial charge in [0.1, 0.15) is 5.75 Å². The van der Waals surface area contributed by atoms with Crippen LogP contribution in [-0.4, -0.2) is 18.1 Å². The van der Waals surface area contributed by atoms with Crippen LogP contribution in [0.2, 0.25) is 0 Å². The maximum atomic E-state index is 5.37. The summed E-state index contributed by atoms with van der Waals surface area (Å²) in [7, 11) is 1.73. The van der Waals surface area contributed by atoms with Crippen LogP contribution in [0.5, 0.6) is 5.75 Å². The van der Waals surface area contributed by atoms with E-state index >= 15 is 0 Å². The van der Waals surface area contributed by atoms with Crippen molar-refractivity contribution >= 4 is 22.6 Å². The molecule has 0 spiro atoms. The maximum absolute atomic E-state index is 5.37. The second kappa shape index (κ2) is 9.62. The van der Waals surface area contributed by atoms with Gasteiger partial charge < -0.3 is 10.1 Å². The van der Waals surface area contributed by atoms with E-state index in [1.54, 1.807) is 7.11 Å². The van der Waals surface area contributed by atoms with Gasteiger partial charge in [-0.25, -0.2) is 0 Å². The molecule has 0 aromatic heterocycles. The smallest absolute Gasteiger partial charge is 0.123 e. The number of rotatable bonds is 9. The van der Waals surface area contributed by atoms with Gasteiger partial charge in [0.05, 0.1) is 7.11 Å². The van der Waals surface area contributed by atoms with Crippen molar-refractivity contribution in [3.8, 4) is 5.75 Å². The maximum Gasteiger partial charge on any atom is 0.123 e. The molecule has 0 fully saturated rings. The summed E-state index contributed by atoms with van der Waals surface area (Å²) >= 11 is 2.44. The fourth-order valence-electron chi connectivity index (χ4n) is 1.97. The van der Waals surface area contributed by atoms with Crippen LogP contribution in [0.4, 0.5) is 0 Å². The molecule has 18 heavy (non-hydrogen) atoms.